The molecule has 0 aliphatic rings. The summed E-state index contributed by atoms with van der Waals surface area (Å²) in [5.41, 5.74) is 5.96. The summed E-state index contributed by atoms with van der Waals surface area (Å²) in [4.78, 5) is 22.6. The molecule has 0 aliphatic heterocycles. The van der Waals surface area contributed by atoms with Crippen molar-refractivity contribution in [2.75, 3.05) is 11.9 Å². The molecule has 0 aromatic heterocycles. The van der Waals surface area contributed by atoms with Crippen LogP contribution in [0.2, 0.25) is 5.02 Å². The molecule has 1 unspecified atom stereocenters. The van der Waals surface area contributed by atoms with Crippen LogP contribution in [0.4, 0.5) is 5.69 Å². The van der Waals surface area contributed by atoms with Gasteiger partial charge in [0.25, 0.3) is 0 Å². The van der Waals surface area contributed by atoms with Gasteiger partial charge in [0.2, 0.25) is 5.91 Å². The molecule has 4 N–H and O–H groups in total. The number of carboxylic acids is 1. The predicted octanol–water partition coefficient (Wildman–Crippen LogP) is 2.74. The molecule has 0 aliphatic carbocycles. The minimum Gasteiger partial charge on any atom is -0.478 e. The van der Waals surface area contributed by atoms with Crippen molar-refractivity contribution < 1.29 is 14.7 Å². The van der Waals surface area contributed by atoms with E-state index >= 15 is 0 Å². The van der Waals surface area contributed by atoms with Crippen molar-refractivity contribution >= 4 is 29.2 Å². The van der Waals surface area contributed by atoms with Crippen LogP contribution in [0.3, 0.4) is 0 Å². The molecule has 1 aromatic rings. The van der Waals surface area contributed by atoms with Crippen molar-refractivity contribution in [3.63, 3.8) is 0 Å². The first-order valence-electron chi connectivity index (χ1n) is 6.46. The molecule has 0 spiro atoms. The Balaban J connectivity index is 2.54. The maximum Gasteiger partial charge on any atom is 0.337 e. The van der Waals surface area contributed by atoms with Crippen LogP contribution in [0.15, 0.2) is 18.2 Å². The van der Waals surface area contributed by atoms with E-state index in [0.717, 1.165) is 12.8 Å². The number of benzene rings is 1. The Morgan fingerprint density at radius 1 is 1.40 bits per heavy atom. The number of halogens is 1. The fourth-order valence-electron chi connectivity index (χ4n) is 1.80. The van der Waals surface area contributed by atoms with E-state index < -0.39 is 5.97 Å². The Bertz CT molecular complexity index is 491. The van der Waals surface area contributed by atoms with Gasteiger partial charge in [0.05, 0.1) is 10.6 Å². The fraction of sp³-hybridized carbons (Fsp3) is 0.429. The lowest BCUT2D eigenvalue weighted by Gasteiger charge is -2.10. The van der Waals surface area contributed by atoms with Crippen LogP contribution in [0.25, 0.3) is 0 Å². The lowest BCUT2D eigenvalue weighted by Crippen LogP contribution is -2.14. The fourth-order valence-corrected chi connectivity index (χ4v) is 2.06. The van der Waals surface area contributed by atoms with Crippen molar-refractivity contribution in [3.8, 4) is 0 Å². The largest absolute Gasteiger partial charge is 0.478 e. The second-order valence-electron chi connectivity index (χ2n) is 4.77. The number of carbonyl (C=O) groups is 2. The van der Waals surface area contributed by atoms with Gasteiger partial charge in [0, 0.05) is 12.1 Å². The molecule has 1 rings (SSSR count). The van der Waals surface area contributed by atoms with E-state index in [0.29, 0.717) is 24.6 Å². The number of hydrogen-bond donors (Lipinski definition) is 3. The highest BCUT2D eigenvalue weighted by Crippen LogP contribution is 2.21. The first kappa shape index (κ1) is 16.5. The van der Waals surface area contributed by atoms with Gasteiger partial charge in [-0.2, -0.15) is 0 Å². The average Bonchev–Trinajstić information content (AvgIpc) is 2.36. The molecule has 0 fully saturated rings. The molecular formula is C14H19ClN2O3. The summed E-state index contributed by atoms with van der Waals surface area (Å²) in [6, 6.07) is 4.33. The van der Waals surface area contributed by atoms with E-state index in [-0.39, 0.29) is 16.5 Å². The van der Waals surface area contributed by atoms with E-state index in [1.165, 1.54) is 18.2 Å². The number of carbonyl (C=O) groups excluding carboxylic acids is 1. The zero-order valence-electron chi connectivity index (χ0n) is 11.4. The van der Waals surface area contributed by atoms with E-state index in [1.807, 2.05) is 0 Å². The molecule has 0 saturated heterocycles. The molecule has 0 bridgehead atoms. The van der Waals surface area contributed by atoms with E-state index in [1.54, 1.807) is 0 Å². The van der Waals surface area contributed by atoms with Crippen molar-refractivity contribution in [1.29, 1.82) is 0 Å². The first-order chi connectivity index (χ1) is 9.43. The Labute approximate surface area is 123 Å². The second kappa shape index (κ2) is 7.87. The lowest BCUT2D eigenvalue weighted by atomic mass is 10.0. The third-order valence-corrected chi connectivity index (χ3v) is 3.32. The number of rotatable bonds is 7. The Hall–Kier alpha value is -1.59. The molecule has 1 atom stereocenters. The molecule has 1 aromatic carbocycles. The van der Waals surface area contributed by atoms with E-state index in [4.69, 9.17) is 22.4 Å². The standard InChI is InChI=1S/C14H19ClN2O3/c1-9(6-7-16)2-5-13(18)17-10-3-4-11(14(19)20)12(15)8-10/h3-4,8-9H,2,5-7,16H2,1H3,(H,17,18)(H,19,20). The summed E-state index contributed by atoms with van der Waals surface area (Å²) in [5, 5.41) is 11.7. The maximum atomic E-state index is 11.7. The summed E-state index contributed by atoms with van der Waals surface area (Å²) < 4.78 is 0. The zero-order chi connectivity index (χ0) is 15.1. The average molecular weight is 299 g/mol. The zero-order valence-corrected chi connectivity index (χ0v) is 12.1. The van der Waals surface area contributed by atoms with Crippen molar-refractivity contribution in [2.24, 2.45) is 11.7 Å². The minimum absolute atomic E-state index is 0.0150. The number of hydrogen-bond acceptors (Lipinski definition) is 3. The van der Waals surface area contributed by atoms with Crippen molar-refractivity contribution in [2.45, 2.75) is 26.2 Å². The van der Waals surface area contributed by atoms with Gasteiger partial charge in [-0.3, -0.25) is 4.79 Å². The summed E-state index contributed by atoms with van der Waals surface area (Å²) in [5.74, 6) is -0.805. The monoisotopic (exact) mass is 298 g/mol. The summed E-state index contributed by atoms with van der Waals surface area (Å²) in [7, 11) is 0. The number of anilines is 1. The summed E-state index contributed by atoms with van der Waals surface area (Å²) in [6.45, 7) is 2.67. The van der Waals surface area contributed by atoms with Crippen LogP contribution in [-0.4, -0.2) is 23.5 Å². The van der Waals surface area contributed by atoms with Gasteiger partial charge < -0.3 is 16.2 Å². The summed E-state index contributed by atoms with van der Waals surface area (Å²) in [6.07, 6.45) is 2.07. The molecule has 5 nitrogen and oxygen atoms in total. The first-order valence-corrected chi connectivity index (χ1v) is 6.84. The van der Waals surface area contributed by atoms with Gasteiger partial charge in [-0.25, -0.2) is 4.79 Å². The van der Waals surface area contributed by atoms with Crippen LogP contribution in [0, 0.1) is 5.92 Å². The number of aromatic carboxylic acids is 1. The quantitative estimate of drug-likeness (QED) is 0.721. The molecule has 0 heterocycles. The number of nitrogens with one attached hydrogen (secondary N) is 1. The molecule has 20 heavy (non-hydrogen) atoms. The van der Waals surface area contributed by atoms with Crippen LogP contribution >= 0.6 is 11.6 Å². The summed E-state index contributed by atoms with van der Waals surface area (Å²) >= 11 is 5.83. The van der Waals surface area contributed by atoms with Gasteiger partial charge in [-0.05, 0) is 43.5 Å². The van der Waals surface area contributed by atoms with E-state index in [2.05, 4.69) is 12.2 Å². The highest BCUT2D eigenvalue weighted by molar-refractivity contribution is 6.33. The third kappa shape index (κ3) is 5.19. The Morgan fingerprint density at radius 2 is 2.10 bits per heavy atom. The smallest absolute Gasteiger partial charge is 0.337 e. The third-order valence-electron chi connectivity index (χ3n) is 3.01. The molecule has 0 saturated carbocycles. The van der Waals surface area contributed by atoms with Crippen LogP contribution in [0.5, 0.6) is 0 Å². The van der Waals surface area contributed by atoms with Gasteiger partial charge in [0.15, 0.2) is 0 Å². The topological polar surface area (TPSA) is 92.4 Å². The van der Waals surface area contributed by atoms with Crippen LogP contribution in [0.1, 0.15) is 36.5 Å². The SMILES string of the molecule is CC(CCN)CCC(=O)Nc1ccc(C(=O)O)c(Cl)c1. The minimum atomic E-state index is -1.09. The molecule has 110 valence electrons. The molecule has 6 heteroatoms. The Morgan fingerprint density at radius 3 is 2.65 bits per heavy atom. The van der Waals surface area contributed by atoms with Crippen molar-refractivity contribution in [3.05, 3.63) is 28.8 Å². The maximum absolute atomic E-state index is 11.7. The van der Waals surface area contributed by atoms with Gasteiger partial charge in [-0.15, -0.1) is 0 Å². The number of nitrogens with two attached hydrogens (primary N) is 1. The molecular weight excluding hydrogens is 280 g/mol. The van der Waals surface area contributed by atoms with Gasteiger partial charge in [-0.1, -0.05) is 18.5 Å². The number of carboxylic acid groups (broad SMARTS) is 1. The Kier molecular flexibility index (Phi) is 6.48. The molecule has 0 radical (unpaired) electrons. The normalized spacial score (nSPS) is 11.9. The second-order valence-corrected chi connectivity index (χ2v) is 5.18. The molecule has 1 amide bonds. The highest BCUT2D eigenvalue weighted by Gasteiger charge is 2.11. The predicted molar refractivity (Wildman–Crippen MR) is 79.1 cm³/mol. The van der Waals surface area contributed by atoms with Crippen LogP contribution < -0.4 is 11.1 Å². The van der Waals surface area contributed by atoms with Gasteiger partial charge >= 0.3 is 5.97 Å². The van der Waals surface area contributed by atoms with Crippen molar-refractivity contribution in [1.82, 2.24) is 0 Å². The highest BCUT2D eigenvalue weighted by atomic mass is 35.5. The van der Waals surface area contributed by atoms with Crippen LogP contribution in [-0.2, 0) is 4.79 Å². The number of amides is 1. The lowest BCUT2D eigenvalue weighted by molar-refractivity contribution is -0.116. The van der Waals surface area contributed by atoms with Gasteiger partial charge in [0.1, 0.15) is 0 Å². The van der Waals surface area contributed by atoms with E-state index in [9.17, 15) is 9.59 Å².